The maximum Gasteiger partial charge on any atom is 0.148 e. The van der Waals surface area contributed by atoms with Crippen LogP contribution in [0.3, 0.4) is 0 Å². The maximum absolute atomic E-state index is 6.94. The van der Waals surface area contributed by atoms with Crippen LogP contribution in [0.1, 0.15) is 291 Å². The van der Waals surface area contributed by atoms with Gasteiger partial charge in [0.25, 0.3) is 0 Å². The lowest BCUT2D eigenvalue weighted by Gasteiger charge is -2.45. The van der Waals surface area contributed by atoms with Crippen LogP contribution in [-0.4, -0.2) is 50.3 Å². The van der Waals surface area contributed by atoms with Crippen LogP contribution in [0.4, 0.5) is 28.4 Å². The molecule has 3 aliphatic carbocycles. The molecule has 129 heavy (non-hydrogen) atoms. The topological polar surface area (TPSA) is 65.1 Å². The Kier molecular flexibility index (Phi) is 24.1. The Morgan fingerprint density at radius 3 is 0.837 bits per heavy atom. The van der Waals surface area contributed by atoms with Crippen LogP contribution >= 0.6 is 0 Å². The molecule has 9 aromatic carbocycles. The Bertz CT molecular complexity index is 5800. The quantitative estimate of drug-likeness (QED) is 0.157. The molecular weight excluding hydrogens is 1580 g/mol. The van der Waals surface area contributed by atoms with Crippen molar-refractivity contribution in [2.24, 2.45) is 10.8 Å². The molecule has 0 aromatic heterocycles. The summed E-state index contributed by atoms with van der Waals surface area (Å²) >= 11 is 0. The summed E-state index contributed by atoms with van der Waals surface area (Å²) in [5, 5.41) is 0. The van der Waals surface area contributed by atoms with Crippen LogP contribution in [0.25, 0.3) is 0 Å². The van der Waals surface area contributed by atoms with E-state index in [-0.39, 0.29) is 61.1 Å². The van der Waals surface area contributed by atoms with Crippen molar-refractivity contribution in [1.82, 2.24) is 0 Å². The average molecular weight is 1730 g/mol. The molecule has 9 heteroatoms. The zero-order valence-corrected chi connectivity index (χ0v) is 84.1. The minimum absolute atomic E-state index is 0.000579. The standard InChI is InChI=1S/C26H25NO.C20H20O2.C20H22O.C18H27N.C16H23N.C10H14O.C10H16O/c1-18-19(2)26(28-25(18,3)4)21-14-8-10-16-23(21)27(20-12-6-5-7-13-20)24-17-11-9-15-22(24)26;1-13-14(2)20(22-19(13,3)4)15-9-5-7-11-17(15)21-18-12-8-6-10-16(18)20;1-15-16(2)20(21-19(15,3)4,17-11-7-5-8-12-17)18-13-9-6-10-14-18;1-12-10-9-11-13(2)16(12)19-15(4)14(3)17(5,6)18(19,7)8;1-12-13(2)17(14-10-8-7-9-11-14)16(5,6)15(12,3)4;1-7-8(2)10(5-6-10)11-9(7)3-4-9;1-7-8(2)10(5-6-10)11-9(7,3)4/h5-17H,1-4H3;5-12H,1-4H3;5-14H,1-4H3;9-11H,1-8H3;7-11H,1-6H3;3-6H2,1-2H3;5-6H2,1-4H3. The summed E-state index contributed by atoms with van der Waals surface area (Å²) in [6.07, 6.45) is 7.57. The third-order valence-electron chi connectivity index (χ3n) is 33.9. The van der Waals surface area contributed by atoms with Crippen LogP contribution in [0.15, 0.2) is 315 Å². The molecule has 0 N–H and O–H groups in total. The van der Waals surface area contributed by atoms with Crippen LogP contribution in [0.2, 0.25) is 0 Å². The van der Waals surface area contributed by atoms with E-state index in [0.29, 0.717) is 0 Å². The van der Waals surface area contributed by atoms with Gasteiger partial charge in [-0.15, -0.1) is 0 Å². The maximum atomic E-state index is 6.94. The van der Waals surface area contributed by atoms with E-state index in [9.17, 15) is 0 Å². The van der Waals surface area contributed by atoms with Gasteiger partial charge in [-0.1, -0.05) is 216 Å². The zero-order chi connectivity index (χ0) is 93.5. The van der Waals surface area contributed by atoms with Crippen molar-refractivity contribution in [2.75, 3.05) is 14.7 Å². The smallest absolute Gasteiger partial charge is 0.148 e. The number of hydrogen-bond acceptors (Lipinski definition) is 9. The molecule has 678 valence electrons. The van der Waals surface area contributed by atoms with Crippen molar-refractivity contribution in [3.8, 4) is 11.5 Å². The van der Waals surface area contributed by atoms with Crippen molar-refractivity contribution < 1.29 is 28.4 Å². The van der Waals surface area contributed by atoms with Gasteiger partial charge < -0.3 is 43.1 Å². The van der Waals surface area contributed by atoms with Gasteiger partial charge in [-0.25, -0.2) is 0 Å². The highest BCUT2D eigenvalue weighted by Gasteiger charge is 2.64. The minimum atomic E-state index is -0.550. The molecule has 9 heterocycles. The molecular formula is C120H147N3O6. The average Bonchev–Trinajstić information content (AvgIpc) is 1.67. The molecule has 0 amide bonds. The van der Waals surface area contributed by atoms with Crippen molar-refractivity contribution in [1.29, 1.82) is 0 Å². The van der Waals surface area contributed by atoms with Gasteiger partial charge in [0.1, 0.15) is 28.3 Å². The van der Waals surface area contributed by atoms with Crippen molar-refractivity contribution in [2.45, 2.75) is 327 Å². The van der Waals surface area contributed by atoms with E-state index in [1.807, 2.05) is 36.4 Å². The Morgan fingerprint density at radius 2 is 0.519 bits per heavy atom. The number of allylic oxidation sites excluding steroid dienone is 2. The Balaban J connectivity index is 0.000000118. The fraction of sp³-hybridized carbons (Fsp3) is 0.433. The summed E-state index contributed by atoms with van der Waals surface area (Å²) in [7, 11) is 0. The molecule has 5 spiro atoms. The number of ether oxygens (including phenoxy) is 6. The first-order valence-electron chi connectivity index (χ1n) is 47.5. The van der Waals surface area contributed by atoms with E-state index in [4.69, 9.17) is 28.4 Å². The summed E-state index contributed by atoms with van der Waals surface area (Å²) in [5.74, 6) is 1.76. The molecule has 0 bridgehead atoms. The fourth-order valence-electron chi connectivity index (χ4n) is 22.5. The van der Waals surface area contributed by atoms with Gasteiger partial charge in [-0.2, -0.15) is 0 Å². The lowest BCUT2D eigenvalue weighted by atomic mass is 9.72. The van der Waals surface area contributed by atoms with Gasteiger partial charge in [0.2, 0.25) is 0 Å². The Morgan fingerprint density at radius 1 is 0.233 bits per heavy atom. The summed E-state index contributed by atoms with van der Waals surface area (Å²) in [5.41, 5.74) is 34.4. The van der Waals surface area contributed by atoms with E-state index < -0.39 is 16.8 Å². The van der Waals surface area contributed by atoms with Gasteiger partial charge >= 0.3 is 0 Å². The number of aryl methyl sites for hydroxylation is 2. The van der Waals surface area contributed by atoms with Crippen LogP contribution in [0, 0.1) is 24.7 Å². The number of nitrogens with zero attached hydrogens (tertiary/aromatic N) is 3. The molecule has 0 atom stereocenters. The molecule has 9 nitrogen and oxygen atoms in total. The number of rotatable bonds is 5. The van der Waals surface area contributed by atoms with E-state index in [0.717, 1.165) is 28.3 Å². The van der Waals surface area contributed by atoms with E-state index in [1.54, 1.807) is 11.1 Å². The molecule has 3 fully saturated rings. The molecule has 9 aliphatic heterocycles. The van der Waals surface area contributed by atoms with Crippen LogP contribution in [-0.2, 0) is 40.5 Å². The number of fused-ring (bicyclic) bond motifs is 8. The highest BCUT2D eigenvalue weighted by atomic mass is 16.6. The number of benzene rings is 9. The van der Waals surface area contributed by atoms with Crippen molar-refractivity contribution >= 4 is 28.4 Å². The Hall–Kier alpha value is -9.84. The molecule has 21 rings (SSSR count). The van der Waals surface area contributed by atoms with Gasteiger partial charge in [0.15, 0.2) is 0 Å². The zero-order valence-electron chi connectivity index (χ0n) is 84.1. The summed E-state index contributed by atoms with van der Waals surface area (Å²) < 4.78 is 38.5. The molecule has 0 radical (unpaired) electrons. The number of hydrogen-bond donors (Lipinski definition) is 0. The molecule has 3 saturated carbocycles. The fourth-order valence-corrected chi connectivity index (χ4v) is 22.5. The predicted molar refractivity (Wildman–Crippen MR) is 539 cm³/mol. The predicted octanol–water partition coefficient (Wildman–Crippen LogP) is 32.0. The molecule has 0 saturated heterocycles. The van der Waals surface area contributed by atoms with Gasteiger partial charge in [-0.3, -0.25) is 0 Å². The largest absolute Gasteiger partial charge is 0.457 e. The highest BCUT2D eigenvalue weighted by Crippen LogP contribution is 2.66. The second-order valence-corrected chi connectivity index (χ2v) is 42.9. The molecule has 12 aliphatic rings. The number of anilines is 5. The summed E-state index contributed by atoms with van der Waals surface area (Å²) in [6, 6.07) is 82.6. The first kappa shape index (κ1) is 93.8. The number of para-hydroxylation sites is 7. The van der Waals surface area contributed by atoms with Gasteiger partial charge in [0.05, 0.1) is 50.6 Å². The summed E-state index contributed by atoms with van der Waals surface area (Å²) in [6.45, 7) is 71.6. The van der Waals surface area contributed by atoms with Crippen molar-refractivity contribution in [3.63, 3.8) is 0 Å². The highest BCUT2D eigenvalue weighted by molar-refractivity contribution is 5.87. The summed E-state index contributed by atoms with van der Waals surface area (Å²) in [4.78, 5) is 7.38. The SMILES string of the molecule is CC1=C(C)C(C)(C)C(C)(C)N1c1c(C)cccc1C.CC1=C(C)C(C)(C)C(C)(C)N1c1ccccc1.CC1=C(C)C(c2ccccc2)(c2ccccc2)OC1(C)C.CC1=C(C)C2(CC2)OC1(C)C.CC1=C(C)C2(CC2)OC12CC2.CC1=C(C)C2(OC1(C)C)c1ccccc1N(c1ccccc1)c1ccccc12.CC1=C(C)C2(OC1(C)C)c1ccccc1Oc1ccccc12. The van der Waals surface area contributed by atoms with Crippen LogP contribution < -0.4 is 19.4 Å². The van der Waals surface area contributed by atoms with E-state index in [1.165, 1.54) is 162 Å². The van der Waals surface area contributed by atoms with E-state index in [2.05, 4.69) is 436 Å². The van der Waals surface area contributed by atoms with Crippen LogP contribution in [0.5, 0.6) is 11.5 Å². The molecule has 9 aromatic rings. The third kappa shape index (κ3) is 15.3. The lowest BCUT2D eigenvalue weighted by molar-refractivity contribution is -0.0621. The monoisotopic (exact) mass is 1730 g/mol. The minimum Gasteiger partial charge on any atom is -0.457 e. The lowest BCUT2D eigenvalue weighted by Crippen LogP contribution is -2.48. The first-order valence-corrected chi connectivity index (χ1v) is 47.5. The Labute approximate surface area is 775 Å². The second kappa shape index (κ2) is 33.2. The normalized spacial score (nSPS) is 22.6. The third-order valence-corrected chi connectivity index (χ3v) is 33.9. The van der Waals surface area contributed by atoms with Gasteiger partial charge in [-0.05, 0) is 370 Å². The first-order chi connectivity index (χ1) is 60.5. The van der Waals surface area contributed by atoms with Gasteiger partial charge in [0, 0.05) is 72.6 Å². The second-order valence-electron chi connectivity index (χ2n) is 42.9. The van der Waals surface area contributed by atoms with E-state index >= 15 is 0 Å². The van der Waals surface area contributed by atoms with Crippen molar-refractivity contribution in [3.05, 3.63) is 359 Å². The molecule has 0 unspecified atom stereocenters.